The first kappa shape index (κ1) is 18.3. The summed E-state index contributed by atoms with van der Waals surface area (Å²) < 4.78 is 28.6. The molecule has 0 amide bonds. The van der Waals surface area contributed by atoms with Crippen LogP contribution in [-0.2, 0) is 16.6 Å². The maximum atomic E-state index is 12.7. The molecule has 0 unspecified atom stereocenters. The zero-order chi connectivity index (χ0) is 18.7. The average Bonchev–Trinajstić information content (AvgIpc) is 3.04. The summed E-state index contributed by atoms with van der Waals surface area (Å²) in [4.78, 5) is 0.229. The van der Waals surface area contributed by atoms with Crippen LogP contribution in [-0.4, -0.2) is 40.4 Å². The van der Waals surface area contributed by atoms with Gasteiger partial charge in [-0.25, -0.2) is 8.42 Å². The van der Waals surface area contributed by atoms with Crippen molar-refractivity contribution in [2.45, 2.75) is 32.2 Å². The van der Waals surface area contributed by atoms with E-state index >= 15 is 0 Å². The van der Waals surface area contributed by atoms with Crippen LogP contribution < -0.4 is 5.32 Å². The summed E-state index contributed by atoms with van der Waals surface area (Å²) in [6, 6.07) is 11.3. The fraction of sp³-hybridized carbons (Fsp3) is 0.333. The Morgan fingerprint density at radius 2 is 1.81 bits per heavy atom. The average molecular weight is 373 g/mol. The molecule has 0 spiro atoms. The van der Waals surface area contributed by atoms with Crippen LogP contribution in [0.4, 0.5) is 5.95 Å². The first-order chi connectivity index (χ1) is 12.5. The lowest BCUT2D eigenvalue weighted by atomic mass is 10.1. The Kier molecular flexibility index (Phi) is 5.24. The highest BCUT2D eigenvalue weighted by Gasteiger charge is 2.22. The minimum absolute atomic E-state index is 0.229. The first-order valence-electron chi connectivity index (χ1n) is 8.60. The number of benzene rings is 1. The topological polar surface area (TPSA) is 79.6 Å². The van der Waals surface area contributed by atoms with E-state index in [1.165, 1.54) is 9.87 Å². The number of hydrogen-bond donors (Lipinski definition) is 1. The van der Waals surface area contributed by atoms with Crippen molar-refractivity contribution in [2.24, 2.45) is 0 Å². The minimum Gasteiger partial charge on any atom is -0.350 e. The molecule has 1 aromatic carbocycles. The number of hydrogen-bond acceptors (Lipinski definition) is 5. The summed E-state index contributed by atoms with van der Waals surface area (Å²) in [5, 5.41) is 11.5. The Morgan fingerprint density at radius 1 is 1.08 bits per heavy atom. The van der Waals surface area contributed by atoms with Gasteiger partial charge in [-0.15, -0.1) is 10.2 Å². The monoisotopic (exact) mass is 373 g/mol. The molecule has 7 nitrogen and oxygen atoms in total. The number of aryl methyl sites for hydroxylation is 1. The fourth-order valence-electron chi connectivity index (χ4n) is 2.84. The maximum Gasteiger partial charge on any atom is 0.244 e. The molecule has 0 atom stereocenters. The molecular formula is C18H23N5O2S. The number of nitrogens with one attached hydrogen (secondary N) is 1. The number of anilines is 1. The van der Waals surface area contributed by atoms with E-state index in [4.69, 9.17) is 0 Å². The van der Waals surface area contributed by atoms with Crippen molar-refractivity contribution < 1.29 is 8.42 Å². The van der Waals surface area contributed by atoms with Gasteiger partial charge in [0.05, 0.1) is 4.90 Å². The molecule has 0 saturated heterocycles. The molecule has 138 valence electrons. The van der Waals surface area contributed by atoms with Gasteiger partial charge in [0.15, 0.2) is 5.65 Å². The zero-order valence-electron chi connectivity index (χ0n) is 15.2. The quantitative estimate of drug-likeness (QED) is 0.689. The maximum absolute atomic E-state index is 12.7. The van der Waals surface area contributed by atoms with Gasteiger partial charge >= 0.3 is 0 Å². The van der Waals surface area contributed by atoms with Crippen molar-refractivity contribution >= 4 is 21.6 Å². The highest BCUT2D eigenvalue weighted by Crippen LogP contribution is 2.19. The van der Waals surface area contributed by atoms with Crippen LogP contribution in [0.3, 0.4) is 0 Å². The highest BCUT2D eigenvalue weighted by atomic mass is 32.2. The number of rotatable bonds is 7. The number of aromatic nitrogens is 3. The minimum atomic E-state index is -3.53. The van der Waals surface area contributed by atoms with E-state index in [-0.39, 0.29) is 4.90 Å². The van der Waals surface area contributed by atoms with Crippen LogP contribution in [0.1, 0.15) is 25.0 Å². The number of nitrogens with zero attached hydrogens (tertiary/aromatic N) is 4. The Balaban J connectivity index is 1.92. The molecule has 3 aromatic rings. The molecule has 0 saturated carbocycles. The van der Waals surface area contributed by atoms with Gasteiger partial charge in [0.1, 0.15) is 0 Å². The van der Waals surface area contributed by atoms with Crippen molar-refractivity contribution in [2.75, 3.05) is 18.4 Å². The van der Waals surface area contributed by atoms with Crippen LogP contribution in [0.15, 0.2) is 47.5 Å². The van der Waals surface area contributed by atoms with Gasteiger partial charge < -0.3 is 5.32 Å². The Bertz CT molecular complexity index is 1010. The summed E-state index contributed by atoms with van der Waals surface area (Å²) in [6.07, 6.45) is 1.57. The van der Waals surface area contributed by atoms with Crippen molar-refractivity contribution in [3.8, 4) is 0 Å². The Hall–Kier alpha value is -2.45. The molecule has 0 aliphatic rings. The van der Waals surface area contributed by atoms with Gasteiger partial charge in [0, 0.05) is 25.8 Å². The molecule has 3 rings (SSSR count). The van der Waals surface area contributed by atoms with E-state index in [0.29, 0.717) is 31.2 Å². The molecule has 2 aromatic heterocycles. The van der Waals surface area contributed by atoms with Gasteiger partial charge in [-0.2, -0.15) is 4.31 Å². The lowest BCUT2D eigenvalue weighted by molar-refractivity contribution is 0.445. The second-order valence-corrected chi connectivity index (χ2v) is 7.92. The molecule has 0 aliphatic carbocycles. The summed E-state index contributed by atoms with van der Waals surface area (Å²) in [5.41, 5.74) is 2.92. The Morgan fingerprint density at radius 3 is 2.50 bits per heavy atom. The summed E-state index contributed by atoms with van der Waals surface area (Å²) in [7, 11) is -3.53. The predicted octanol–water partition coefficient (Wildman–Crippen LogP) is 2.68. The van der Waals surface area contributed by atoms with Crippen LogP contribution in [0, 0.1) is 6.92 Å². The largest absolute Gasteiger partial charge is 0.350 e. The van der Waals surface area contributed by atoms with Crippen molar-refractivity contribution in [1.82, 2.24) is 18.9 Å². The molecule has 26 heavy (non-hydrogen) atoms. The summed E-state index contributed by atoms with van der Waals surface area (Å²) >= 11 is 0. The smallest absolute Gasteiger partial charge is 0.244 e. The molecule has 0 radical (unpaired) electrons. The molecular weight excluding hydrogens is 350 g/mol. The van der Waals surface area contributed by atoms with Crippen LogP contribution in [0.5, 0.6) is 0 Å². The molecule has 1 N–H and O–H groups in total. The number of sulfonamides is 1. The third kappa shape index (κ3) is 3.42. The molecule has 0 aliphatic heterocycles. The third-order valence-corrected chi connectivity index (χ3v) is 6.45. The highest BCUT2D eigenvalue weighted by molar-refractivity contribution is 7.89. The lowest BCUT2D eigenvalue weighted by Gasteiger charge is -2.18. The second kappa shape index (κ2) is 7.43. The summed E-state index contributed by atoms with van der Waals surface area (Å²) in [6.45, 7) is 7.14. The van der Waals surface area contributed by atoms with E-state index in [1.807, 2.05) is 45.0 Å². The van der Waals surface area contributed by atoms with E-state index in [9.17, 15) is 8.42 Å². The van der Waals surface area contributed by atoms with Crippen molar-refractivity contribution in [1.29, 1.82) is 0 Å². The van der Waals surface area contributed by atoms with Crippen LogP contribution in [0.2, 0.25) is 0 Å². The van der Waals surface area contributed by atoms with Gasteiger partial charge in [-0.1, -0.05) is 38.1 Å². The molecule has 0 fully saturated rings. The summed E-state index contributed by atoms with van der Waals surface area (Å²) in [5.74, 6) is 0.514. The van der Waals surface area contributed by atoms with Crippen molar-refractivity contribution in [3.63, 3.8) is 0 Å². The third-order valence-electron chi connectivity index (χ3n) is 4.42. The normalized spacial score (nSPS) is 12.0. The first-order valence-corrected chi connectivity index (χ1v) is 10.0. The molecule has 2 heterocycles. The zero-order valence-corrected chi connectivity index (χ0v) is 16.0. The van der Waals surface area contributed by atoms with Crippen molar-refractivity contribution in [3.05, 3.63) is 53.7 Å². The van der Waals surface area contributed by atoms with E-state index in [0.717, 1.165) is 5.56 Å². The lowest BCUT2D eigenvalue weighted by Crippen LogP contribution is -2.30. The Labute approximate surface area is 153 Å². The number of pyridine rings is 1. The van der Waals surface area contributed by atoms with Gasteiger partial charge in [0.25, 0.3) is 0 Å². The van der Waals surface area contributed by atoms with Crippen LogP contribution in [0.25, 0.3) is 5.65 Å². The fourth-order valence-corrected chi connectivity index (χ4v) is 4.30. The van der Waals surface area contributed by atoms with Gasteiger partial charge in [-0.05, 0) is 30.2 Å². The SMILES string of the molecule is CCN(CC)S(=O)(=O)c1ccc2nnc(NCc3ccccc3C)n2c1. The number of fused-ring (bicyclic) bond motifs is 1. The standard InChI is InChI=1S/C18H23N5O2S/c1-4-22(5-2)26(24,25)16-10-11-17-20-21-18(23(17)13-16)19-12-15-9-7-6-8-14(15)3/h6-11,13H,4-5,12H2,1-3H3,(H,19,21). The van der Waals surface area contributed by atoms with E-state index < -0.39 is 10.0 Å². The van der Waals surface area contributed by atoms with E-state index in [2.05, 4.69) is 15.5 Å². The van der Waals surface area contributed by atoms with Gasteiger partial charge in [-0.3, -0.25) is 4.40 Å². The predicted molar refractivity (Wildman–Crippen MR) is 102 cm³/mol. The van der Waals surface area contributed by atoms with Crippen LogP contribution >= 0.6 is 0 Å². The molecule has 8 heteroatoms. The van der Waals surface area contributed by atoms with E-state index in [1.54, 1.807) is 22.7 Å². The molecule has 0 bridgehead atoms. The van der Waals surface area contributed by atoms with Gasteiger partial charge in [0.2, 0.25) is 16.0 Å². The second-order valence-electron chi connectivity index (χ2n) is 5.99.